The zero-order chi connectivity index (χ0) is 14.8. The van der Waals surface area contributed by atoms with Gasteiger partial charge in [0.2, 0.25) is 15.9 Å². The fraction of sp³-hybridized carbons (Fsp3) is 0.667. The van der Waals surface area contributed by atoms with Crippen molar-refractivity contribution in [2.45, 2.75) is 32.7 Å². The second-order valence-electron chi connectivity index (χ2n) is 4.98. The molecular formula is C12H20N4O3S. The van der Waals surface area contributed by atoms with Gasteiger partial charge in [-0.2, -0.15) is 9.40 Å². The van der Waals surface area contributed by atoms with Crippen LogP contribution in [-0.2, 0) is 14.8 Å². The Bertz CT molecular complexity index is 581. The number of hydrogen-bond acceptors (Lipinski definition) is 4. The topological polar surface area (TPSA) is 84.3 Å². The summed E-state index contributed by atoms with van der Waals surface area (Å²) in [6.07, 6.45) is 3.13. The standard InChI is InChI=1S/C12H20N4O3S/c1-3-8-20(18,19)15-6-4-11(9-15)16-7-5-12(14-16)13-10(2)17/h5,7,11H,3-4,6,8-9H2,1-2H3,(H,13,14,17)/t11-/m0/s1. The van der Waals surface area contributed by atoms with Gasteiger partial charge in [-0.15, -0.1) is 0 Å². The number of hydrogen-bond donors (Lipinski definition) is 1. The average Bonchev–Trinajstić information content (AvgIpc) is 2.95. The van der Waals surface area contributed by atoms with Crippen LogP contribution in [-0.4, -0.2) is 47.3 Å². The Morgan fingerprint density at radius 3 is 2.95 bits per heavy atom. The van der Waals surface area contributed by atoms with Gasteiger partial charge in [0.25, 0.3) is 0 Å². The summed E-state index contributed by atoms with van der Waals surface area (Å²) in [5.41, 5.74) is 0. The summed E-state index contributed by atoms with van der Waals surface area (Å²) >= 11 is 0. The van der Waals surface area contributed by atoms with Crippen molar-refractivity contribution in [3.8, 4) is 0 Å². The first kappa shape index (κ1) is 15.0. The Hall–Kier alpha value is -1.41. The molecule has 0 unspecified atom stereocenters. The lowest BCUT2D eigenvalue weighted by Gasteiger charge is -2.16. The van der Waals surface area contributed by atoms with Gasteiger partial charge in [0, 0.05) is 32.3 Å². The molecule has 1 aliphatic rings. The Morgan fingerprint density at radius 2 is 2.30 bits per heavy atom. The van der Waals surface area contributed by atoms with Gasteiger partial charge in [-0.3, -0.25) is 9.48 Å². The smallest absolute Gasteiger partial charge is 0.222 e. The largest absolute Gasteiger partial charge is 0.309 e. The summed E-state index contributed by atoms with van der Waals surface area (Å²) in [6.45, 7) is 4.26. The highest BCUT2D eigenvalue weighted by atomic mass is 32.2. The molecule has 2 rings (SSSR count). The molecule has 112 valence electrons. The molecule has 0 spiro atoms. The van der Waals surface area contributed by atoms with Crippen molar-refractivity contribution in [2.75, 3.05) is 24.2 Å². The minimum atomic E-state index is -3.14. The minimum absolute atomic E-state index is 0.0316. The molecule has 0 bridgehead atoms. The molecule has 2 heterocycles. The number of amides is 1. The van der Waals surface area contributed by atoms with Crippen LogP contribution in [0.25, 0.3) is 0 Å². The number of sulfonamides is 1. The monoisotopic (exact) mass is 300 g/mol. The average molecular weight is 300 g/mol. The van der Waals surface area contributed by atoms with Crippen molar-refractivity contribution >= 4 is 21.7 Å². The predicted octanol–water partition coefficient (Wildman–Crippen LogP) is 0.828. The van der Waals surface area contributed by atoms with E-state index in [2.05, 4.69) is 10.4 Å². The summed E-state index contributed by atoms with van der Waals surface area (Å²) in [4.78, 5) is 11.0. The van der Waals surface area contributed by atoms with E-state index in [0.29, 0.717) is 25.3 Å². The van der Waals surface area contributed by atoms with E-state index in [1.807, 2.05) is 6.92 Å². The molecule has 1 aliphatic heterocycles. The summed E-state index contributed by atoms with van der Waals surface area (Å²) in [6, 6.07) is 1.74. The van der Waals surface area contributed by atoms with Gasteiger partial charge in [0.05, 0.1) is 11.8 Å². The van der Waals surface area contributed by atoms with Crippen LogP contribution in [0.3, 0.4) is 0 Å². The number of nitrogens with one attached hydrogen (secondary N) is 1. The minimum Gasteiger partial charge on any atom is -0.309 e. The van der Waals surface area contributed by atoms with E-state index < -0.39 is 10.0 Å². The summed E-state index contributed by atoms with van der Waals surface area (Å²) in [7, 11) is -3.14. The number of anilines is 1. The molecule has 0 saturated carbocycles. The maximum absolute atomic E-state index is 12.0. The number of carbonyl (C=O) groups excluding carboxylic acids is 1. The normalized spacial score (nSPS) is 20.2. The van der Waals surface area contributed by atoms with Gasteiger partial charge in [-0.05, 0) is 12.8 Å². The van der Waals surface area contributed by atoms with Crippen molar-refractivity contribution < 1.29 is 13.2 Å². The van der Waals surface area contributed by atoms with Gasteiger partial charge < -0.3 is 5.32 Å². The fourth-order valence-electron chi connectivity index (χ4n) is 2.35. The fourth-order valence-corrected chi connectivity index (χ4v) is 3.91. The highest BCUT2D eigenvalue weighted by Gasteiger charge is 2.31. The Balaban J connectivity index is 2.02. The van der Waals surface area contributed by atoms with Crippen LogP contribution in [0.2, 0.25) is 0 Å². The molecule has 1 atom stereocenters. The molecule has 20 heavy (non-hydrogen) atoms. The van der Waals surface area contributed by atoms with Crippen LogP contribution >= 0.6 is 0 Å². The van der Waals surface area contributed by atoms with E-state index >= 15 is 0 Å². The van der Waals surface area contributed by atoms with E-state index in [-0.39, 0.29) is 17.7 Å². The second kappa shape index (κ2) is 5.92. The van der Waals surface area contributed by atoms with Gasteiger partial charge in [-0.1, -0.05) is 6.92 Å². The number of rotatable bonds is 5. The van der Waals surface area contributed by atoms with Crippen molar-refractivity contribution in [2.24, 2.45) is 0 Å². The maximum atomic E-state index is 12.0. The van der Waals surface area contributed by atoms with Crippen molar-refractivity contribution in [3.05, 3.63) is 12.3 Å². The van der Waals surface area contributed by atoms with Gasteiger partial charge in [-0.25, -0.2) is 8.42 Å². The zero-order valence-corrected chi connectivity index (χ0v) is 12.6. The van der Waals surface area contributed by atoms with E-state index in [0.717, 1.165) is 6.42 Å². The third kappa shape index (κ3) is 3.37. The van der Waals surface area contributed by atoms with Crippen LogP contribution in [0, 0.1) is 0 Å². The third-order valence-electron chi connectivity index (χ3n) is 3.27. The molecule has 0 aliphatic carbocycles. The quantitative estimate of drug-likeness (QED) is 0.873. The molecule has 1 saturated heterocycles. The molecular weight excluding hydrogens is 280 g/mol. The molecule has 1 N–H and O–H groups in total. The first-order valence-corrected chi connectivity index (χ1v) is 8.34. The molecule has 8 heteroatoms. The maximum Gasteiger partial charge on any atom is 0.222 e. The lowest BCUT2D eigenvalue weighted by atomic mass is 10.3. The van der Waals surface area contributed by atoms with Gasteiger partial charge in [0.15, 0.2) is 5.82 Å². The van der Waals surface area contributed by atoms with Crippen molar-refractivity contribution in [3.63, 3.8) is 0 Å². The molecule has 0 radical (unpaired) electrons. The van der Waals surface area contributed by atoms with E-state index in [9.17, 15) is 13.2 Å². The van der Waals surface area contributed by atoms with Crippen LogP contribution in [0.5, 0.6) is 0 Å². The lowest BCUT2D eigenvalue weighted by Crippen LogP contribution is -2.31. The van der Waals surface area contributed by atoms with Crippen LogP contribution in [0.15, 0.2) is 12.3 Å². The first-order valence-electron chi connectivity index (χ1n) is 6.73. The molecule has 1 fully saturated rings. The SMILES string of the molecule is CCCS(=O)(=O)N1CC[C@H](n2ccc(NC(C)=O)n2)C1. The van der Waals surface area contributed by atoms with E-state index in [1.54, 1.807) is 16.9 Å². The van der Waals surface area contributed by atoms with Crippen LogP contribution in [0.1, 0.15) is 32.7 Å². The second-order valence-corrected chi connectivity index (χ2v) is 7.07. The van der Waals surface area contributed by atoms with Crippen molar-refractivity contribution in [1.29, 1.82) is 0 Å². The number of nitrogens with zero attached hydrogens (tertiary/aromatic N) is 3. The predicted molar refractivity (Wildman–Crippen MR) is 75.8 cm³/mol. The van der Waals surface area contributed by atoms with Crippen molar-refractivity contribution in [1.82, 2.24) is 14.1 Å². The Kier molecular flexibility index (Phi) is 4.44. The van der Waals surface area contributed by atoms with Gasteiger partial charge >= 0.3 is 0 Å². The number of aromatic nitrogens is 2. The van der Waals surface area contributed by atoms with E-state index in [1.165, 1.54) is 11.2 Å². The summed E-state index contributed by atoms with van der Waals surface area (Å²) in [5.74, 6) is 0.511. The zero-order valence-electron chi connectivity index (χ0n) is 11.7. The molecule has 7 nitrogen and oxygen atoms in total. The van der Waals surface area contributed by atoms with Crippen LogP contribution in [0.4, 0.5) is 5.82 Å². The van der Waals surface area contributed by atoms with Crippen LogP contribution < -0.4 is 5.32 Å². The highest BCUT2D eigenvalue weighted by molar-refractivity contribution is 7.89. The highest BCUT2D eigenvalue weighted by Crippen LogP contribution is 2.24. The first-order chi connectivity index (χ1) is 9.42. The molecule has 1 aromatic rings. The molecule has 1 amide bonds. The third-order valence-corrected chi connectivity index (χ3v) is 5.31. The Morgan fingerprint density at radius 1 is 1.55 bits per heavy atom. The molecule has 0 aromatic carbocycles. The lowest BCUT2D eigenvalue weighted by molar-refractivity contribution is -0.114. The molecule has 1 aromatic heterocycles. The van der Waals surface area contributed by atoms with Gasteiger partial charge in [0.1, 0.15) is 0 Å². The number of carbonyl (C=O) groups is 1. The Labute approximate surface area is 119 Å². The van der Waals surface area contributed by atoms with E-state index in [4.69, 9.17) is 0 Å². The summed E-state index contributed by atoms with van der Waals surface area (Å²) < 4.78 is 27.3. The summed E-state index contributed by atoms with van der Waals surface area (Å²) in [5, 5.41) is 6.87.